The molecule has 0 radical (unpaired) electrons. The van der Waals surface area contributed by atoms with E-state index in [0.717, 1.165) is 15.7 Å². The lowest BCUT2D eigenvalue weighted by atomic mass is 10.1. The molecule has 0 N–H and O–H groups in total. The zero-order valence-electron chi connectivity index (χ0n) is 15.8. The number of sulfone groups is 1. The summed E-state index contributed by atoms with van der Waals surface area (Å²) in [5.41, 5.74) is 3.46. The van der Waals surface area contributed by atoms with Crippen LogP contribution in [-0.2, 0) is 14.6 Å². The van der Waals surface area contributed by atoms with E-state index in [9.17, 15) is 13.2 Å². The maximum absolute atomic E-state index is 12.4. The largest absolute Gasteiger partial charge is 0.462 e. The van der Waals surface area contributed by atoms with E-state index in [2.05, 4.69) is 15.9 Å². The van der Waals surface area contributed by atoms with E-state index in [1.54, 1.807) is 31.2 Å². The van der Waals surface area contributed by atoms with Gasteiger partial charge in [-0.15, -0.1) is 0 Å². The van der Waals surface area contributed by atoms with Crippen molar-refractivity contribution in [2.75, 3.05) is 12.9 Å². The Labute approximate surface area is 173 Å². The summed E-state index contributed by atoms with van der Waals surface area (Å²) in [7, 11) is -3.36. The monoisotopic (exact) mass is 461 g/mol. The number of hydrogen-bond acceptors (Lipinski definition) is 4. The number of nitrogens with zero attached hydrogens (tertiary/aromatic N) is 1. The molecule has 0 fully saturated rings. The third kappa shape index (κ3) is 4.05. The van der Waals surface area contributed by atoms with Crippen LogP contribution in [0.2, 0.25) is 0 Å². The van der Waals surface area contributed by atoms with Crippen LogP contribution >= 0.6 is 15.9 Å². The number of rotatable bonds is 5. The first kappa shape index (κ1) is 20.4. The molecule has 0 saturated carbocycles. The lowest BCUT2D eigenvalue weighted by Gasteiger charge is -2.13. The lowest BCUT2D eigenvalue weighted by molar-refractivity contribution is 0.0525. The van der Waals surface area contributed by atoms with Crippen molar-refractivity contribution in [2.24, 2.45) is 0 Å². The molecular weight excluding hydrogens is 442 g/mol. The second-order valence-electron chi connectivity index (χ2n) is 6.36. The minimum absolute atomic E-state index is 0.220. The molecule has 1 heterocycles. The van der Waals surface area contributed by atoms with Crippen molar-refractivity contribution >= 4 is 31.7 Å². The number of carbonyl (C=O) groups excluding carboxylic acids is 1. The SMILES string of the molecule is CCOC(=O)c1cc(-c2ccc(Br)cc2)n(-c2cccc(S(C)(=O)=O)c2)c1C. The van der Waals surface area contributed by atoms with Crippen molar-refractivity contribution in [3.8, 4) is 16.9 Å². The fourth-order valence-electron chi connectivity index (χ4n) is 3.04. The number of ether oxygens (including phenoxy) is 1. The van der Waals surface area contributed by atoms with Gasteiger partial charge in [0.05, 0.1) is 22.8 Å². The number of aromatic nitrogens is 1. The number of carbonyl (C=O) groups is 1. The predicted octanol–water partition coefficient (Wildman–Crippen LogP) is 4.80. The molecular formula is C21H20BrNO4S. The third-order valence-corrected chi connectivity index (χ3v) is 6.03. The first-order valence-electron chi connectivity index (χ1n) is 8.68. The van der Waals surface area contributed by atoms with Crippen molar-refractivity contribution in [2.45, 2.75) is 18.7 Å². The van der Waals surface area contributed by atoms with Gasteiger partial charge >= 0.3 is 5.97 Å². The summed E-state index contributed by atoms with van der Waals surface area (Å²) in [6, 6.07) is 16.2. The van der Waals surface area contributed by atoms with Crippen molar-refractivity contribution in [1.29, 1.82) is 0 Å². The summed E-state index contributed by atoms with van der Waals surface area (Å²) in [5.74, 6) is -0.406. The number of hydrogen-bond donors (Lipinski definition) is 0. The maximum atomic E-state index is 12.4. The zero-order chi connectivity index (χ0) is 20.5. The topological polar surface area (TPSA) is 65.4 Å². The molecule has 0 aliphatic heterocycles. The minimum Gasteiger partial charge on any atom is -0.462 e. The Morgan fingerprint density at radius 1 is 1.11 bits per heavy atom. The van der Waals surface area contributed by atoms with E-state index in [-0.39, 0.29) is 11.5 Å². The van der Waals surface area contributed by atoms with Gasteiger partial charge in [0, 0.05) is 22.1 Å². The van der Waals surface area contributed by atoms with E-state index < -0.39 is 15.8 Å². The highest BCUT2D eigenvalue weighted by Crippen LogP contribution is 2.31. The van der Waals surface area contributed by atoms with Crippen LogP contribution in [-0.4, -0.2) is 31.8 Å². The first-order valence-corrected chi connectivity index (χ1v) is 11.4. The van der Waals surface area contributed by atoms with Gasteiger partial charge in [-0.25, -0.2) is 13.2 Å². The van der Waals surface area contributed by atoms with Gasteiger partial charge in [-0.05, 0) is 55.8 Å². The first-order chi connectivity index (χ1) is 13.2. The summed E-state index contributed by atoms with van der Waals surface area (Å²) in [5, 5.41) is 0. The van der Waals surface area contributed by atoms with Crippen molar-refractivity contribution in [3.05, 3.63) is 70.3 Å². The summed E-state index contributed by atoms with van der Waals surface area (Å²) in [6.07, 6.45) is 1.17. The van der Waals surface area contributed by atoms with Crippen LogP contribution < -0.4 is 0 Å². The highest BCUT2D eigenvalue weighted by molar-refractivity contribution is 9.10. The van der Waals surface area contributed by atoms with Crippen LogP contribution in [0.25, 0.3) is 16.9 Å². The second-order valence-corrected chi connectivity index (χ2v) is 9.29. The van der Waals surface area contributed by atoms with Gasteiger partial charge in [0.1, 0.15) is 0 Å². The van der Waals surface area contributed by atoms with Gasteiger partial charge in [0.15, 0.2) is 9.84 Å². The standard InChI is InChI=1S/C21H20BrNO4S/c1-4-27-21(24)19-13-20(15-8-10-16(22)11-9-15)23(14(19)2)17-6-5-7-18(12-17)28(3,25)26/h5-13H,4H2,1-3H3. The Morgan fingerprint density at radius 2 is 1.79 bits per heavy atom. The predicted molar refractivity (Wildman–Crippen MR) is 113 cm³/mol. The van der Waals surface area contributed by atoms with Gasteiger partial charge in [-0.2, -0.15) is 0 Å². The average Bonchev–Trinajstić information content (AvgIpc) is 2.99. The molecule has 28 heavy (non-hydrogen) atoms. The molecule has 0 amide bonds. The fourth-order valence-corrected chi connectivity index (χ4v) is 3.97. The normalized spacial score (nSPS) is 11.4. The third-order valence-electron chi connectivity index (χ3n) is 4.39. The molecule has 1 aromatic heterocycles. The Bertz CT molecular complexity index is 1130. The molecule has 146 valence electrons. The molecule has 0 aliphatic rings. The maximum Gasteiger partial charge on any atom is 0.339 e. The second kappa shape index (κ2) is 7.93. The van der Waals surface area contributed by atoms with Crippen LogP contribution in [0.15, 0.2) is 64.0 Å². The minimum atomic E-state index is -3.36. The van der Waals surface area contributed by atoms with E-state index in [1.807, 2.05) is 41.8 Å². The molecule has 0 unspecified atom stereocenters. The van der Waals surface area contributed by atoms with Gasteiger partial charge in [0.25, 0.3) is 0 Å². The summed E-state index contributed by atoms with van der Waals surface area (Å²) >= 11 is 3.43. The number of esters is 1. The smallest absolute Gasteiger partial charge is 0.339 e. The van der Waals surface area contributed by atoms with E-state index in [1.165, 1.54) is 6.26 Å². The Morgan fingerprint density at radius 3 is 2.39 bits per heavy atom. The highest BCUT2D eigenvalue weighted by Gasteiger charge is 2.21. The van der Waals surface area contributed by atoms with E-state index >= 15 is 0 Å². The Hall–Kier alpha value is -2.38. The molecule has 0 aliphatic carbocycles. The van der Waals surface area contributed by atoms with Gasteiger partial charge in [0.2, 0.25) is 0 Å². The van der Waals surface area contributed by atoms with Crippen molar-refractivity contribution in [1.82, 2.24) is 4.57 Å². The van der Waals surface area contributed by atoms with Crippen LogP contribution in [0.1, 0.15) is 23.0 Å². The molecule has 3 rings (SSSR count). The van der Waals surface area contributed by atoms with Gasteiger partial charge < -0.3 is 9.30 Å². The quantitative estimate of drug-likeness (QED) is 0.512. The summed E-state index contributed by atoms with van der Waals surface area (Å²) in [6.45, 7) is 3.86. The molecule has 0 spiro atoms. The average molecular weight is 462 g/mol. The number of benzene rings is 2. The van der Waals surface area contributed by atoms with Crippen LogP contribution in [0.5, 0.6) is 0 Å². The fraction of sp³-hybridized carbons (Fsp3) is 0.190. The molecule has 0 atom stereocenters. The zero-order valence-corrected chi connectivity index (χ0v) is 18.2. The van der Waals surface area contributed by atoms with Crippen molar-refractivity contribution in [3.63, 3.8) is 0 Å². The van der Waals surface area contributed by atoms with E-state index in [4.69, 9.17) is 4.74 Å². The number of halogens is 1. The Kier molecular flexibility index (Phi) is 5.76. The van der Waals surface area contributed by atoms with Crippen LogP contribution in [0.4, 0.5) is 0 Å². The molecule has 3 aromatic rings. The molecule has 0 saturated heterocycles. The molecule has 7 heteroatoms. The van der Waals surface area contributed by atoms with Crippen LogP contribution in [0, 0.1) is 6.92 Å². The molecule has 0 bridgehead atoms. The highest BCUT2D eigenvalue weighted by atomic mass is 79.9. The summed E-state index contributed by atoms with van der Waals surface area (Å²) in [4.78, 5) is 12.7. The molecule has 2 aromatic carbocycles. The van der Waals surface area contributed by atoms with Gasteiger partial charge in [-0.3, -0.25) is 0 Å². The van der Waals surface area contributed by atoms with Crippen molar-refractivity contribution < 1.29 is 17.9 Å². The molecule has 5 nitrogen and oxygen atoms in total. The Balaban J connectivity index is 2.27. The van der Waals surface area contributed by atoms with E-state index in [0.29, 0.717) is 16.9 Å². The van der Waals surface area contributed by atoms with Crippen LogP contribution in [0.3, 0.4) is 0 Å². The summed E-state index contributed by atoms with van der Waals surface area (Å²) < 4.78 is 32.0. The lowest BCUT2D eigenvalue weighted by Crippen LogP contribution is -2.07. The van der Waals surface area contributed by atoms with Gasteiger partial charge in [-0.1, -0.05) is 34.1 Å².